The number of rotatable bonds is 3. The molecule has 7 nitrogen and oxygen atoms in total. The third-order valence-corrected chi connectivity index (χ3v) is 1.56. The predicted octanol–water partition coefficient (Wildman–Crippen LogP) is 0.513. The van der Waals surface area contributed by atoms with Gasteiger partial charge in [-0.2, -0.15) is 5.10 Å². The van der Waals surface area contributed by atoms with E-state index in [1.165, 1.54) is 0 Å². The summed E-state index contributed by atoms with van der Waals surface area (Å²) in [6, 6.07) is 0. The Bertz CT molecular complexity index is 434. The predicted molar refractivity (Wildman–Crippen MR) is 49.3 cm³/mol. The first kappa shape index (κ1) is 10.7. The lowest BCUT2D eigenvalue weighted by atomic mass is 10.4. The standard InChI is InChI=1S/C8H7N3O4/c1-2-3-4-10-5-6(11(14)15)7(9-10)8(12)13/h5H,4H2,1H3,(H,12,13). The first-order chi connectivity index (χ1) is 7.06. The highest BCUT2D eigenvalue weighted by Crippen LogP contribution is 2.16. The van der Waals surface area contributed by atoms with Gasteiger partial charge in [0.25, 0.3) is 0 Å². The molecule has 0 amide bonds. The van der Waals surface area contributed by atoms with Crippen molar-refractivity contribution in [2.75, 3.05) is 0 Å². The molecule has 0 aromatic carbocycles. The van der Waals surface area contributed by atoms with Gasteiger partial charge in [0.15, 0.2) is 0 Å². The van der Waals surface area contributed by atoms with Crippen molar-refractivity contribution in [1.82, 2.24) is 9.78 Å². The van der Waals surface area contributed by atoms with Crippen molar-refractivity contribution in [3.8, 4) is 11.8 Å². The van der Waals surface area contributed by atoms with E-state index in [0.717, 1.165) is 10.9 Å². The average Bonchev–Trinajstić information content (AvgIpc) is 2.58. The molecule has 0 bridgehead atoms. The molecular formula is C8H7N3O4. The second-order valence-electron chi connectivity index (χ2n) is 2.55. The fraction of sp³-hybridized carbons (Fsp3) is 0.250. The van der Waals surface area contributed by atoms with Crippen LogP contribution >= 0.6 is 0 Å². The van der Waals surface area contributed by atoms with Crippen molar-refractivity contribution in [3.05, 3.63) is 22.0 Å². The van der Waals surface area contributed by atoms with E-state index in [9.17, 15) is 14.9 Å². The molecule has 1 N–H and O–H groups in total. The van der Waals surface area contributed by atoms with E-state index in [-0.39, 0.29) is 6.54 Å². The van der Waals surface area contributed by atoms with Gasteiger partial charge in [0.1, 0.15) is 12.7 Å². The molecular weight excluding hydrogens is 202 g/mol. The van der Waals surface area contributed by atoms with Crippen LogP contribution in [0.25, 0.3) is 0 Å². The first-order valence-corrected chi connectivity index (χ1v) is 3.91. The Hall–Kier alpha value is -2.36. The molecule has 0 aliphatic heterocycles. The summed E-state index contributed by atoms with van der Waals surface area (Å²) in [4.78, 5) is 20.3. The average molecular weight is 209 g/mol. The largest absolute Gasteiger partial charge is 0.476 e. The zero-order chi connectivity index (χ0) is 11.4. The summed E-state index contributed by atoms with van der Waals surface area (Å²) in [6.45, 7) is 1.74. The van der Waals surface area contributed by atoms with Crippen molar-refractivity contribution < 1.29 is 14.8 Å². The summed E-state index contributed by atoms with van der Waals surface area (Å²) in [5, 5.41) is 22.6. The number of aromatic nitrogens is 2. The SMILES string of the molecule is CC#CCn1cc([N+](=O)[O-])c(C(=O)O)n1. The van der Waals surface area contributed by atoms with E-state index >= 15 is 0 Å². The summed E-state index contributed by atoms with van der Waals surface area (Å²) in [7, 11) is 0. The topological polar surface area (TPSA) is 98.3 Å². The van der Waals surface area contributed by atoms with Crippen LogP contribution < -0.4 is 0 Å². The van der Waals surface area contributed by atoms with Gasteiger partial charge in [-0.05, 0) is 6.92 Å². The maximum absolute atomic E-state index is 10.6. The Kier molecular flexibility index (Phi) is 3.03. The Morgan fingerprint density at radius 2 is 2.47 bits per heavy atom. The lowest BCUT2D eigenvalue weighted by Crippen LogP contribution is -2.03. The number of carboxylic acids is 1. The molecule has 0 saturated heterocycles. The minimum atomic E-state index is -1.43. The van der Waals surface area contributed by atoms with E-state index < -0.39 is 22.3 Å². The fourth-order valence-electron chi connectivity index (χ4n) is 0.938. The molecule has 0 atom stereocenters. The minimum Gasteiger partial charge on any atom is -0.476 e. The van der Waals surface area contributed by atoms with Gasteiger partial charge in [0, 0.05) is 0 Å². The quantitative estimate of drug-likeness (QED) is 0.444. The van der Waals surface area contributed by atoms with Crippen molar-refractivity contribution in [3.63, 3.8) is 0 Å². The third kappa shape index (κ3) is 2.31. The van der Waals surface area contributed by atoms with Crippen LogP contribution in [-0.4, -0.2) is 25.8 Å². The van der Waals surface area contributed by atoms with Crippen LogP contribution in [0.5, 0.6) is 0 Å². The number of aromatic carboxylic acids is 1. The number of carbonyl (C=O) groups is 1. The Morgan fingerprint density at radius 1 is 1.80 bits per heavy atom. The lowest BCUT2D eigenvalue weighted by Gasteiger charge is -1.88. The van der Waals surface area contributed by atoms with E-state index in [4.69, 9.17) is 5.11 Å². The van der Waals surface area contributed by atoms with Gasteiger partial charge in [0.2, 0.25) is 5.69 Å². The molecule has 0 unspecified atom stereocenters. The van der Waals surface area contributed by atoms with Crippen molar-refractivity contribution in [1.29, 1.82) is 0 Å². The molecule has 78 valence electrons. The van der Waals surface area contributed by atoms with Crippen molar-refractivity contribution >= 4 is 11.7 Å². The van der Waals surface area contributed by atoms with Crippen LogP contribution in [0.4, 0.5) is 5.69 Å². The molecule has 1 heterocycles. The molecule has 0 fully saturated rings. The molecule has 15 heavy (non-hydrogen) atoms. The van der Waals surface area contributed by atoms with Crippen molar-refractivity contribution in [2.45, 2.75) is 13.5 Å². The van der Waals surface area contributed by atoms with Crippen LogP contribution in [-0.2, 0) is 6.54 Å². The zero-order valence-corrected chi connectivity index (χ0v) is 7.80. The molecule has 0 radical (unpaired) electrons. The van der Waals surface area contributed by atoms with Crippen molar-refractivity contribution in [2.24, 2.45) is 0 Å². The molecule has 7 heteroatoms. The lowest BCUT2D eigenvalue weighted by molar-refractivity contribution is -0.385. The van der Waals surface area contributed by atoms with E-state index in [1.54, 1.807) is 6.92 Å². The summed E-state index contributed by atoms with van der Waals surface area (Å²) in [6.07, 6.45) is 1.05. The second-order valence-corrected chi connectivity index (χ2v) is 2.55. The highest BCUT2D eigenvalue weighted by Gasteiger charge is 2.24. The van der Waals surface area contributed by atoms with E-state index in [1.807, 2.05) is 0 Å². The van der Waals surface area contributed by atoms with Crippen LogP contribution in [0.15, 0.2) is 6.20 Å². The molecule has 1 rings (SSSR count). The minimum absolute atomic E-state index is 0.130. The maximum Gasteiger partial charge on any atom is 0.363 e. The smallest absolute Gasteiger partial charge is 0.363 e. The Labute approximate surface area is 84.5 Å². The summed E-state index contributed by atoms with van der Waals surface area (Å²) in [5.74, 6) is 3.77. The molecule has 0 aliphatic rings. The Morgan fingerprint density at radius 3 is 2.87 bits per heavy atom. The van der Waals surface area contributed by atoms with Crippen LogP contribution in [0.1, 0.15) is 17.4 Å². The second kappa shape index (κ2) is 4.23. The number of nitro groups is 1. The van der Waals surface area contributed by atoms with Crippen LogP contribution in [0, 0.1) is 22.0 Å². The van der Waals surface area contributed by atoms with E-state index in [2.05, 4.69) is 16.9 Å². The van der Waals surface area contributed by atoms with Gasteiger partial charge in [-0.1, -0.05) is 5.92 Å². The maximum atomic E-state index is 10.6. The van der Waals surface area contributed by atoms with Crippen LogP contribution in [0.3, 0.4) is 0 Å². The van der Waals surface area contributed by atoms with Gasteiger partial charge in [-0.3, -0.25) is 14.8 Å². The van der Waals surface area contributed by atoms with Gasteiger partial charge in [-0.15, -0.1) is 5.92 Å². The number of carboxylic acid groups (broad SMARTS) is 1. The summed E-state index contributed by atoms with van der Waals surface area (Å²) in [5.41, 5.74) is -1.10. The van der Waals surface area contributed by atoms with E-state index in [0.29, 0.717) is 0 Å². The highest BCUT2D eigenvalue weighted by atomic mass is 16.6. The molecule has 0 saturated carbocycles. The van der Waals surface area contributed by atoms with Gasteiger partial charge in [-0.25, -0.2) is 4.79 Å². The van der Waals surface area contributed by atoms with Gasteiger partial charge < -0.3 is 5.11 Å². The number of nitrogens with zero attached hydrogens (tertiary/aromatic N) is 3. The van der Waals surface area contributed by atoms with Crippen LogP contribution in [0.2, 0.25) is 0 Å². The van der Waals surface area contributed by atoms with Gasteiger partial charge >= 0.3 is 11.7 Å². The first-order valence-electron chi connectivity index (χ1n) is 3.91. The zero-order valence-electron chi connectivity index (χ0n) is 7.80. The number of hydrogen-bond acceptors (Lipinski definition) is 4. The molecule has 1 aromatic rings. The molecule has 1 aromatic heterocycles. The summed E-state index contributed by atoms with van der Waals surface area (Å²) < 4.78 is 1.12. The molecule has 0 spiro atoms. The fourth-order valence-corrected chi connectivity index (χ4v) is 0.938. The third-order valence-electron chi connectivity index (χ3n) is 1.56. The monoisotopic (exact) mass is 209 g/mol. The number of hydrogen-bond donors (Lipinski definition) is 1. The normalized spacial score (nSPS) is 9.13. The Balaban J connectivity index is 3.13. The van der Waals surface area contributed by atoms with Gasteiger partial charge in [0.05, 0.1) is 4.92 Å². The molecule has 0 aliphatic carbocycles. The highest BCUT2D eigenvalue weighted by molar-refractivity contribution is 5.89. The summed E-state index contributed by atoms with van der Waals surface area (Å²) >= 11 is 0.